The topological polar surface area (TPSA) is 59.9 Å². The Morgan fingerprint density at radius 3 is 2.65 bits per heavy atom. The maximum absolute atomic E-state index is 9.51. The first kappa shape index (κ1) is 21.2. The van der Waals surface area contributed by atoms with Crippen molar-refractivity contribution in [1.29, 1.82) is 0 Å². The highest BCUT2D eigenvalue weighted by Crippen LogP contribution is 2.39. The summed E-state index contributed by atoms with van der Waals surface area (Å²) in [4.78, 5) is 8.52. The van der Waals surface area contributed by atoms with E-state index >= 15 is 0 Å². The average molecular weight is 381 g/mol. The summed E-state index contributed by atoms with van der Waals surface area (Å²) in [5, 5.41) is 18.6. The van der Waals surface area contributed by atoms with Crippen LogP contribution in [0, 0.1) is 5.41 Å². The molecule has 1 aromatic heterocycles. The Balaban J connectivity index is 2.00. The van der Waals surface area contributed by atoms with Crippen LogP contribution in [0.4, 0.5) is 0 Å². The summed E-state index contributed by atoms with van der Waals surface area (Å²) in [5.74, 6) is 0.888. The van der Waals surface area contributed by atoms with Crippen LogP contribution >= 0.6 is 11.3 Å². The normalized spacial score (nSPS) is 18.7. The molecule has 1 aromatic rings. The number of aliphatic hydroxyl groups is 1. The van der Waals surface area contributed by atoms with Crippen molar-refractivity contribution in [2.24, 2.45) is 10.4 Å². The van der Waals surface area contributed by atoms with Gasteiger partial charge in [-0.2, -0.15) is 0 Å². The Bertz CT molecular complexity index is 518. The monoisotopic (exact) mass is 380 g/mol. The minimum Gasteiger partial charge on any atom is -0.396 e. The van der Waals surface area contributed by atoms with Gasteiger partial charge in [-0.15, -0.1) is 11.3 Å². The van der Waals surface area contributed by atoms with E-state index < -0.39 is 0 Å². The summed E-state index contributed by atoms with van der Waals surface area (Å²) in [6.45, 7) is 4.84. The number of aliphatic imine (C=N–C) groups is 1. The molecular formula is C20H36N4OS. The largest absolute Gasteiger partial charge is 0.396 e. The van der Waals surface area contributed by atoms with Gasteiger partial charge in [0.25, 0.3) is 0 Å². The number of thiophene rings is 1. The van der Waals surface area contributed by atoms with E-state index in [1.54, 1.807) is 11.3 Å². The summed E-state index contributed by atoms with van der Waals surface area (Å²) in [5.41, 5.74) is 0.185. The number of hydrogen-bond acceptors (Lipinski definition) is 4. The van der Waals surface area contributed by atoms with Crippen molar-refractivity contribution in [3.63, 3.8) is 0 Å². The van der Waals surface area contributed by atoms with E-state index in [0.29, 0.717) is 6.04 Å². The fourth-order valence-electron chi connectivity index (χ4n) is 3.83. The molecule has 148 valence electrons. The first-order chi connectivity index (χ1) is 12.6. The number of guanidine groups is 1. The predicted octanol–water partition coefficient (Wildman–Crippen LogP) is 3.24. The van der Waals surface area contributed by atoms with Gasteiger partial charge in [-0.05, 0) is 57.1 Å². The molecule has 1 atom stereocenters. The lowest BCUT2D eigenvalue weighted by molar-refractivity contribution is 0.137. The van der Waals surface area contributed by atoms with E-state index in [2.05, 4.69) is 54.1 Å². The molecule has 0 saturated heterocycles. The summed E-state index contributed by atoms with van der Waals surface area (Å²) in [6, 6.07) is 4.64. The van der Waals surface area contributed by atoms with Gasteiger partial charge in [0.15, 0.2) is 5.96 Å². The zero-order valence-corrected chi connectivity index (χ0v) is 17.4. The van der Waals surface area contributed by atoms with Crippen LogP contribution < -0.4 is 10.6 Å². The van der Waals surface area contributed by atoms with E-state index in [0.717, 1.165) is 32.0 Å². The molecule has 6 heteroatoms. The standard InChI is InChI=1S/C20H36N4OS/c1-4-21-19(22-15-17(24(2)3)18-9-8-14-26-18)23-16-20(12-13-25)10-6-5-7-11-20/h8-9,14,17,25H,4-7,10-13,15-16H2,1-3H3,(H2,21,22,23). The fraction of sp³-hybridized carbons (Fsp3) is 0.750. The third-order valence-electron chi connectivity index (χ3n) is 5.43. The predicted molar refractivity (Wildman–Crippen MR) is 112 cm³/mol. The lowest BCUT2D eigenvalue weighted by Crippen LogP contribution is -2.42. The second kappa shape index (κ2) is 10.9. The molecule has 1 fully saturated rings. The van der Waals surface area contributed by atoms with Gasteiger partial charge in [0.1, 0.15) is 0 Å². The van der Waals surface area contributed by atoms with Gasteiger partial charge in [0.05, 0.1) is 6.04 Å². The van der Waals surface area contributed by atoms with Crippen molar-refractivity contribution in [2.75, 3.05) is 40.3 Å². The van der Waals surface area contributed by atoms with Crippen LogP contribution in [0.15, 0.2) is 22.5 Å². The number of nitrogens with one attached hydrogen (secondary N) is 2. The zero-order chi connectivity index (χ0) is 18.8. The lowest BCUT2D eigenvalue weighted by atomic mass is 9.72. The van der Waals surface area contributed by atoms with Crippen molar-refractivity contribution in [3.8, 4) is 0 Å². The highest BCUT2D eigenvalue weighted by Gasteiger charge is 2.31. The molecule has 1 saturated carbocycles. The van der Waals surface area contributed by atoms with Crippen LogP contribution in [0.1, 0.15) is 56.4 Å². The Morgan fingerprint density at radius 2 is 2.08 bits per heavy atom. The van der Waals surface area contributed by atoms with Crippen molar-refractivity contribution < 1.29 is 5.11 Å². The first-order valence-corrected chi connectivity index (χ1v) is 10.8. The first-order valence-electron chi connectivity index (χ1n) is 9.93. The van der Waals surface area contributed by atoms with E-state index in [-0.39, 0.29) is 12.0 Å². The molecule has 3 N–H and O–H groups in total. The molecule has 0 aliphatic heterocycles. The number of aliphatic hydroxyl groups excluding tert-OH is 1. The Morgan fingerprint density at radius 1 is 1.31 bits per heavy atom. The van der Waals surface area contributed by atoms with Crippen molar-refractivity contribution in [1.82, 2.24) is 15.5 Å². The molecule has 2 rings (SSSR count). The SMILES string of the molecule is CCNC(=NCC1(CCO)CCCCC1)NCC(c1cccs1)N(C)C. The van der Waals surface area contributed by atoms with Crippen molar-refractivity contribution >= 4 is 17.3 Å². The maximum atomic E-state index is 9.51. The molecule has 26 heavy (non-hydrogen) atoms. The quantitative estimate of drug-likeness (QED) is 0.455. The second-order valence-electron chi connectivity index (χ2n) is 7.61. The maximum Gasteiger partial charge on any atom is 0.191 e. The van der Waals surface area contributed by atoms with Gasteiger partial charge in [-0.25, -0.2) is 0 Å². The van der Waals surface area contributed by atoms with Crippen molar-refractivity contribution in [3.05, 3.63) is 22.4 Å². The Kier molecular flexibility index (Phi) is 8.88. The summed E-state index contributed by atoms with van der Waals surface area (Å²) >= 11 is 1.80. The molecule has 0 spiro atoms. The van der Waals surface area contributed by atoms with E-state index in [1.807, 2.05) is 0 Å². The molecule has 1 aliphatic rings. The van der Waals surface area contributed by atoms with Crippen LogP contribution in [-0.2, 0) is 0 Å². The van der Waals surface area contributed by atoms with Gasteiger partial charge < -0.3 is 20.6 Å². The van der Waals surface area contributed by atoms with Crippen LogP contribution in [-0.4, -0.2) is 56.3 Å². The third kappa shape index (κ3) is 6.25. The molecule has 1 heterocycles. The zero-order valence-electron chi connectivity index (χ0n) is 16.6. The fourth-order valence-corrected chi connectivity index (χ4v) is 4.75. The smallest absolute Gasteiger partial charge is 0.191 e. The highest BCUT2D eigenvalue weighted by molar-refractivity contribution is 7.10. The third-order valence-corrected chi connectivity index (χ3v) is 6.40. The Labute approximate surface area is 162 Å². The summed E-state index contributed by atoms with van der Waals surface area (Å²) < 4.78 is 0. The minimum atomic E-state index is 0.185. The van der Waals surface area contributed by atoms with Gasteiger partial charge in [0.2, 0.25) is 0 Å². The van der Waals surface area contributed by atoms with Crippen LogP contribution in [0.2, 0.25) is 0 Å². The Hall–Kier alpha value is -1.11. The van der Waals surface area contributed by atoms with Gasteiger partial charge >= 0.3 is 0 Å². The molecule has 0 bridgehead atoms. The van der Waals surface area contributed by atoms with Crippen LogP contribution in [0.3, 0.4) is 0 Å². The summed E-state index contributed by atoms with van der Waals surface area (Å²) in [7, 11) is 4.24. The molecule has 0 amide bonds. The molecular weight excluding hydrogens is 344 g/mol. The van der Waals surface area contributed by atoms with E-state index in [1.165, 1.54) is 37.0 Å². The average Bonchev–Trinajstić information content (AvgIpc) is 3.15. The molecule has 5 nitrogen and oxygen atoms in total. The van der Waals surface area contributed by atoms with Gasteiger partial charge in [-0.3, -0.25) is 4.99 Å². The second-order valence-corrected chi connectivity index (χ2v) is 8.58. The number of nitrogens with zero attached hydrogens (tertiary/aromatic N) is 2. The van der Waals surface area contributed by atoms with Gasteiger partial charge in [-0.1, -0.05) is 25.3 Å². The summed E-state index contributed by atoms with van der Waals surface area (Å²) in [6.07, 6.45) is 7.09. The number of rotatable bonds is 9. The lowest BCUT2D eigenvalue weighted by Gasteiger charge is -2.36. The molecule has 0 aromatic carbocycles. The van der Waals surface area contributed by atoms with Crippen molar-refractivity contribution in [2.45, 2.75) is 51.5 Å². The number of likely N-dealkylation sites (N-methyl/N-ethyl adjacent to an activating group) is 1. The van der Waals surface area contributed by atoms with E-state index in [4.69, 9.17) is 4.99 Å². The minimum absolute atomic E-state index is 0.185. The molecule has 0 radical (unpaired) electrons. The molecule has 1 aliphatic carbocycles. The van der Waals surface area contributed by atoms with Crippen LogP contribution in [0.25, 0.3) is 0 Å². The van der Waals surface area contributed by atoms with Crippen LogP contribution in [0.5, 0.6) is 0 Å². The van der Waals surface area contributed by atoms with Gasteiger partial charge in [0, 0.05) is 31.1 Å². The number of hydrogen-bond donors (Lipinski definition) is 3. The molecule has 1 unspecified atom stereocenters. The van der Waals surface area contributed by atoms with E-state index in [9.17, 15) is 5.11 Å². The highest BCUT2D eigenvalue weighted by atomic mass is 32.1.